The van der Waals surface area contributed by atoms with Gasteiger partial charge in [-0.1, -0.05) is 0 Å². The second-order valence-electron chi connectivity index (χ2n) is 5.31. The minimum atomic E-state index is 0.769. The maximum Gasteiger partial charge on any atom is 0.0217 e. The Bertz CT molecular complexity index is 185. The molecule has 2 atom stereocenters. The molecule has 0 aromatic carbocycles. The molecule has 0 aliphatic carbocycles. The van der Waals surface area contributed by atoms with Crippen molar-refractivity contribution >= 4 is 0 Å². The van der Waals surface area contributed by atoms with Gasteiger partial charge in [0.25, 0.3) is 0 Å². The van der Waals surface area contributed by atoms with E-state index < -0.39 is 0 Å². The molecule has 88 valence electrons. The van der Waals surface area contributed by atoms with Crippen LogP contribution in [0, 0.1) is 0 Å². The first kappa shape index (κ1) is 11.4. The average molecular weight is 211 g/mol. The van der Waals surface area contributed by atoms with Crippen molar-refractivity contribution in [1.82, 2.24) is 15.1 Å². The first-order valence-corrected chi connectivity index (χ1v) is 6.38. The van der Waals surface area contributed by atoms with Crippen molar-refractivity contribution in [2.75, 3.05) is 40.3 Å². The SMILES string of the molecule is CN(C)C1CCCN(C[C@@H]2CCCN2)C1. The third kappa shape index (κ3) is 3.16. The molecule has 2 aliphatic rings. The molecule has 0 spiro atoms. The lowest BCUT2D eigenvalue weighted by Crippen LogP contribution is -2.48. The number of piperidine rings is 1. The molecule has 0 amide bonds. The number of hydrogen-bond acceptors (Lipinski definition) is 3. The molecule has 0 aromatic heterocycles. The average Bonchev–Trinajstić information content (AvgIpc) is 2.71. The maximum atomic E-state index is 3.59. The Morgan fingerprint density at radius 3 is 2.80 bits per heavy atom. The van der Waals surface area contributed by atoms with Crippen molar-refractivity contribution in [3.05, 3.63) is 0 Å². The van der Waals surface area contributed by atoms with E-state index in [1.807, 2.05) is 0 Å². The van der Waals surface area contributed by atoms with Crippen molar-refractivity contribution in [1.29, 1.82) is 0 Å². The molecule has 0 saturated carbocycles. The summed E-state index contributed by atoms with van der Waals surface area (Å²) in [4.78, 5) is 5.03. The zero-order valence-corrected chi connectivity index (χ0v) is 10.2. The molecular formula is C12H25N3. The van der Waals surface area contributed by atoms with Crippen molar-refractivity contribution in [2.45, 2.75) is 37.8 Å². The van der Waals surface area contributed by atoms with Crippen LogP contribution in [0.5, 0.6) is 0 Å². The highest BCUT2D eigenvalue weighted by Crippen LogP contribution is 2.15. The zero-order valence-electron chi connectivity index (χ0n) is 10.2. The second kappa shape index (κ2) is 5.28. The fourth-order valence-corrected chi connectivity index (χ4v) is 2.84. The first-order chi connectivity index (χ1) is 7.25. The maximum absolute atomic E-state index is 3.59. The highest BCUT2D eigenvalue weighted by Gasteiger charge is 2.24. The Hall–Kier alpha value is -0.120. The van der Waals surface area contributed by atoms with E-state index in [4.69, 9.17) is 0 Å². The van der Waals surface area contributed by atoms with Gasteiger partial charge in [-0.05, 0) is 52.9 Å². The predicted octanol–water partition coefficient (Wildman–Crippen LogP) is 0.764. The molecular weight excluding hydrogens is 186 g/mol. The van der Waals surface area contributed by atoms with E-state index in [1.165, 1.54) is 51.9 Å². The Morgan fingerprint density at radius 2 is 2.13 bits per heavy atom. The summed E-state index contributed by atoms with van der Waals surface area (Å²) in [6.45, 7) is 5.08. The monoisotopic (exact) mass is 211 g/mol. The van der Waals surface area contributed by atoms with Crippen LogP contribution in [0.4, 0.5) is 0 Å². The number of likely N-dealkylation sites (N-methyl/N-ethyl adjacent to an activating group) is 1. The van der Waals surface area contributed by atoms with Gasteiger partial charge in [0.2, 0.25) is 0 Å². The molecule has 1 unspecified atom stereocenters. The summed E-state index contributed by atoms with van der Waals surface area (Å²) < 4.78 is 0. The zero-order chi connectivity index (χ0) is 10.7. The van der Waals surface area contributed by atoms with E-state index in [9.17, 15) is 0 Å². The minimum Gasteiger partial charge on any atom is -0.313 e. The van der Waals surface area contributed by atoms with E-state index >= 15 is 0 Å². The standard InChI is InChI=1S/C12H25N3/c1-14(2)12-6-4-8-15(10-12)9-11-5-3-7-13-11/h11-13H,3-10H2,1-2H3/t11-,12?/m0/s1. The van der Waals surface area contributed by atoms with Crippen molar-refractivity contribution in [3.8, 4) is 0 Å². The van der Waals surface area contributed by atoms with Crippen molar-refractivity contribution in [2.24, 2.45) is 0 Å². The largest absolute Gasteiger partial charge is 0.313 e. The van der Waals surface area contributed by atoms with Gasteiger partial charge >= 0.3 is 0 Å². The van der Waals surface area contributed by atoms with Gasteiger partial charge < -0.3 is 15.1 Å². The molecule has 3 heteroatoms. The number of nitrogens with zero attached hydrogens (tertiary/aromatic N) is 2. The summed E-state index contributed by atoms with van der Waals surface area (Å²) in [5, 5.41) is 3.59. The molecule has 15 heavy (non-hydrogen) atoms. The van der Waals surface area contributed by atoms with E-state index in [0.29, 0.717) is 0 Å². The smallest absolute Gasteiger partial charge is 0.0217 e. The first-order valence-electron chi connectivity index (χ1n) is 6.38. The molecule has 2 aliphatic heterocycles. The third-order valence-corrected chi connectivity index (χ3v) is 3.85. The topological polar surface area (TPSA) is 18.5 Å². The Labute approximate surface area is 93.8 Å². The van der Waals surface area contributed by atoms with Crippen LogP contribution in [0.25, 0.3) is 0 Å². The van der Waals surface area contributed by atoms with Gasteiger partial charge in [-0.25, -0.2) is 0 Å². The quantitative estimate of drug-likeness (QED) is 0.744. The summed E-state index contributed by atoms with van der Waals surface area (Å²) in [5.41, 5.74) is 0. The summed E-state index contributed by atoms with van der Waals surface area (Å²) in [7, 11) is 4.42. The van der Waals surface area contributed by atoms with Gasteiger partial charge in [0.05, 0.1) is 0 Å². The number of likely N-dealkylation sites (tertiary alicyclic amines) is 1. The Morgan fingerprint density at radius 1 is 1.27 bits per heavy atom. The summed E-state index contributed by atoms with van der Waals surface area (Å²) >= 11 is 0. The fourth-order valence-electron chi connectivity index (χ4n) is 2.84. The van der Waals surface area contributed by atoms with E-state index in [1.54, 1.807) is 0 Å². The highest BCUT2D eigenvalue weighted by atomic mass is 15.2. The van der Waals surface area contributed by atoms with Crippen LogP contribution in [-0.4, -0.2) is 62.2 Å². The lowest BCUT2D eigenvalue weighted by molar-refractivity contribution is 0.125. The lowest BCUT2D eigenvalue weighted by atomic mass is 10.0. The summed E-state index contributed by atoms with van der Waals surface area (Å²) in [6.07, 6.45) is 5.50. The second-order valence-corrected chi connectivity index (χ2v) is 5.31. The molecule has 2 rings (SSSR count). The molecule has 1 N–H and O–H groups in total. The van der Waals surface area contributed by atoms with Crippen LogP contribution in [0.2, 0.25) is 0 Å². The van der Waals surface area contributed by atoms with Crippen LogP contribution in [-0.2, 0) is 0 Å². The molecule has 0 aromatic rings. The van der Waals surface area contributed by atoms with Gasteiger partial charge in [-0.3, -0.25) is 0 Å². The van der Waals surface area contributed by atoms with E-state index in [0.717, 1.165) is 12.1 Å². The van der Waals surface area contributed by atoms with Crippen LogP contribution < -0.4 is 5.32 Å². The van der Waals surface area contributed by atoms with E-state index in [-0.39, 0.29) is 0 Å². The van der Waals surface area contributed by atoms with Crippen LogP contribution in [0.3, 0.4) is 0 Å². The highest BCUT2D eigenvalue weighted by molar-refractivity contribution is 4.83. The Kier molecular flexibility index (Phi) is 4.00. The minimum absolute atomic E-state index is 0.769. The number of rotatable bonds is 3. The lowest BCUT2D eigenvalue weighted by Gasteiger charge is -2.37. The normalized spacial score (nSPS) is 33.8. The molecule has 2 heterocycles. The molecule has 3 nitrogen and oxygen atoms in total. The predicted molar refractivity (Wildman–Crippen MR) is 64.2 cm³/mol. The summed E-state index contributed by atoms with van der Waals surface area (Å²) in [6, 6.07) is 1.55. The van der Waals surface area contributed by atoms with Gasteiger partial charge in [-0.2, -0.15) is 0 Å². The van der Waals surface area contributed by atoms with Crippen molar-refractivity contribution in [3.63, 3.8) is 0 Å². The molecule has 0 radical (unpaired) electrons. The van der Waals surface area contributed by atoms with Gasteiger partial charge in [-0.15, -0.1) is 0 Å². The fraction of sp³-hybridized carbons (Fsp3) is 1.00. The molecule has 0 bridgehead atoms. The van der Waals surface area contributed by atoms with Crippen molar-refractivity contribution < 1.29 is 0 Å². The molecule has 2 saturated heterocycles. The van der Waals surface area contributed by atoms with Crippen LogP contribution in [0.1, 0.15) is 25.7 Å². The Balaban J connectivity index is 1.76. The third-order valence-electron chi connectivity index (χ3n) is 3.85. The van der Waals surface area contributed by atoms with Crippen LogP contribution in [0.15, 0.2) is 0 Å². The summed E-state index contributed by atoms with van der Waals surface area (Å²) in [5.74, 6) is 0. The number of hydrogen-bond donors (Lipinski definition) is 1. The van der Waals surface area contributed by atoms with Crippen LogP contribution >= 0.6 is 0 Å². The van der Waals surface area contributed by atoms with Gasteiger partial charge in [0, 0.05) is 25.2 Å². The van der Waals surface area contributed by atoms with E-state index in [2.05, 4.69) is 29.2 Å². The number of nitrogens with one attached hydrogen (secondary N) is 1. The molecule has 2 fully saturated rings. The van der Waals surface area contributed by atoms with Gasteiger partial charge in [0.1, 0.15) is 0 Å². The van der Waals surface area contributed by atoms with Gasteiger partial charge in [0.15, 0.2) is 0 Å².